The number of rotatable bonds is 5. The summed E-state index contributed by atoms with van der Waals surface area (Å²) in [6, 6.07) is 16.2. The maximum absolute atomic E-state index is 13.6. The number of cyclic esters (lactones) is 1. The van der Waals surface area contributed by atoms with Crippen LogP contribution in [0.3, 0.4) is 0 Å². The number of carboxylic acids is 1. The number of allylic oxidation sites excluding steroid dienone is 1. The molecule has 4 atom stereocenters. The summed E-state index contributed by atoms with van der Waals surface area (Å²) in [5.74, 6) is -0.674. The first-order chi connectivity index (χ1) is 20.9. The summed E-state index contributed by atoms with van der Waals surface area (Å²) in [7, 11) is 1.59. The van der Waals surface area contributed by atoms with Crippen molar-refractivity contribution in [2.75, 3.05) is 20.3 Å². The van der Waals surface area contributed by atoms with Crippen LogP contribution in [-0.4, -0.2) is 70.9 Å². The zero-order valence-corrected chi connectivity index (χ0v) is 24.0. The zero-order valence-electron chi connectivity index (χ0n) is 24.0. The molecule has 3 heterocycles. The van der Waals surface area contributed by atoms with Crippen LogP contribution in [0, 0.1) is 5.92 Å². The van der Waals surface area contributed by atoms with Gasteiger partial charge >= 0.3 is 12.1 Å². The molecule has 0 bridgehead atoms. The Labute approximate surface area is 249 Å². The maximum Gasteiger partial charge on any atom is 0.410 e. The molecule has 2 aromatic carbocycles. The van der Waals surface area contributed by atoms with Gasteiger partial charge in [0.15, 0.2) is 0 Å². The van der Waals surface area contributed by atoms with Crippen molar-refractivity contribution in [3.8, 4) is 22.8 Å². The van der Waals surface area contributed by atoms with Gasteiger partial charge < -0.3 is 24.6 Å². The van der Waals surface area contributed by atoms with Crippen LogP contribution in [0.4, 0.5) is 4.79 Å². The van der Waals surface area contributed by atoms with E-state index in [0.29, 0.717) is 35.6 Å². The second-order valence-corrected chi connectivity index (χ2v) is 11.4. The van der Waals surface area contributed by atoms with E-state index in [2.05, 4.69) is 5.32 Å². The molecular weight excluding hydrogens is 550 g/mol. The molecule has 43 heavy (non-hydrogen) atoms. The number of nitrogens with zero attached hydrogens (tertiary/aromatic N) is 2. The number of hydrogen-bond acceptors (Lipinski definition) is 7. The number of hydrogen-bond donors (Lipinski definition) is 2. The fourth-order valence-electron chi connectivity index (χ4n) is 5.98. The fraction of sp³-hybridized carbons (Fsp3) is 0.394. The first-order valence-electron chi connectivity index (χ1n) is 14.7. The number of aliphatic carboxylic acids is 1. The molecular formula is C33H35N3O7. The predicted octanol–water partition coefficient (Wildman–Crippen LogP) is 4.96. The van der Waals surface area contributed by atoms with Crippen LogP contribution in [0.2, 0.25) is 0 Å². The number of carbonyl (C=O) groups is 3. The molecule has 224 valence electrons. The van der Waals surface area contributed by atoms with E-state index >= 15 is 0 Å². The molecule has 6 rings (SSSR count). The molecule has 3 aliphatic rings. The number of fused-ring (bicyclic) bond motifs is 3. The number of carbonyl (C=O) groups excluding carboxylic acids is 2. The largest absolute Gasteiger partial charge is 0.497 e. The van der Waals surface area contributed by atoms with Crippen molar-refractivity contribution in [2.24, 2.45) is 5.92 Å². The zero-order chi connectivity index (χ0) is 30.0. The third-order valence-electron chi connectivity index (χ3n) is 8.49. The number of amides is 2. The number of nitrogens with one attached hydrogen (secondary N) is 1. The van der Waals surface area contributed by atoms with Crippen molar-refractivity contribution >= 4 is 28.9 Å². The quantitative estimate of drug-likeness (QED) is 0.403. The Hall–Kier alpha value is -4.60. The number of benzene rings is 2. The minimum Gasteiger partial charge on any atom is -0.497 e. The second-order valence-electron chi connectivity index (χ2n) is 11.4. The van der Waals surface area contributed by atoms with Crippen molar-refractivity contribution < 1.29 is 33.7 Å². The average molecular weight is 586 g/mol. The molecule has 2 amide bonds. The van der Waals surface area contributed by atoms with Crippen LogP contribution in [0.15, 0.2) is 66.7 Å². The lowest BCUT2D eigenvalue weighted by molar-refractivity contribution is -0.144. The second kappa shape index (κ2) is 11.9. The van der Waals surface area contributed by atoms with E-state index in [4.69, 9.17) is 19.2 Å². The SMILES string of the molecule is COc1ccc2c(OC3CC4C(=O)NC5(C(=O)O)CC5/C=C\CCCCCOC(=O)N4C3)cc(-c3ccccc3)nc2c1. The van der Waals surface area contributed by atoms with Gasteiger partial charge in [0.2, 0.25) is 5.91 Å². The van der Waals surface area contributed by atoms with E-state index in [9.17, 15) is 19.5 Å². The Morgan fingerprint density at radius 3 is 2.74 bits per heavy atom. The number of aromatic nitrogens is 1. The van der Waals surface area contributed by atoms with Gasteiger partial charge in [-0.15, -0.1) is 0 Å². The summed E-state index contributed by atoms with van der Waals surface area (Å²) >= 11 is 0. The van der Waals surface area contributed by atoms with Gasteiger partial charge in [-0.3, -0.25) is 9.69 Å². The molecule has 10 heteroatoms. The van der Waals surface area contributed by atoms with E-state index in [0.717, 1.165) is 30.2 Å². The Kier molecular flexibility index (Phi) is 7.92. The van der Waals surface area contributed by atoms with Crippen molar-refractivity contribution in [3.63, 3.8) is 0 Å². The van der Waals surface area contributed by atoms with Crippen LogP contribution in [0.25, 0.3) is 22.2 Å². The fourth-order valence-corrected chi connectivity index (χ4v) is 5.98. The lowest BCUT2D eigenvalue weighted by atomic mass is 10.1. The molecule has 3 aromatic rings. The maximum atomic E-state index is 13.6. The van der Waals surface area contributed by atoms with Gasteiger partial charge in [0, 0.05) is 35.4 Å². The smallest absolute Gasteiger partial charge is 0.410 e. The van der Waals surface area contributed by atoms with Gasteiger partial charge in [-0.2, -0.15) is 0 Å². The van der Waals surface area contributed by atoms with Gasteiger partial charge in [0.1, 0.15) is 29.2 Å². The lowest BCUT2D eigenvalue weighted by Crippen LogP contribution is -2.53. The Balaban J connectivity index is 1.30. The summed E-state index contributed by atoms with van der Waals surface area (Å²) in [4.78, 5) is 45.3. The van der Waals surface area contributed by atoms with Crippen LogP contribution in [0.1, 0.15) is 38.5 Å². The van der Waals surface area contributed by atoms with Gasteiger partial charge in [0.05, 0.1) is 31.5 Å². The van der Waals surface area contributed by atoms with Gasteiger partial charge in [-0.05, 0) is 44.2 Å². The van der Waals surface area contributed by atoms with Gasteiger partial charge in [-0.1, -0.05) is 42.5 Å². The van der Waals surface area contributed by atoms with Crippen LogP contribution in [0.5, 0.6) is 11.5 Å². The highest BCUT2D eigenvalue weighted by molar-refractivity contribution is 5.94. The predicted molar refractivity (Wildman–Crippen MR) is 159 cm³/mol. The highest BCUT2D eigenvalue weighted by atomic mass is 16.6. The molecule has 1 aromatic heterocycles. The first kappa shape index (κ1) is 28.5. The number of pyridine rings is 1. The normalized spacial score (nSPS) is 26.6. The molecule has 1 saturated heterocycles. The summed E-state index contributed by atoms with van der Waals surface area (Å²) in [6.45, 7) is 0.360. The summed E-state index contributed by atoms with van der Waals surface area (Å²) < 4.78 is 17.5. The number of methoxy groups -OCH3 is 1. The molecule has 0 radical (unpaired) electrons. The van der Waals surface area contributed by atoms with Crippen LogP contribution >= 0.6 is 0 Å². The topological polar surface area (TPSA) is 127 Å². The lowest BCUT2D eigenvalue weighted by Gasteiger charge is -2.24. The highest BCUT2D eigenvalue weighted by Crippen LogP contribution is 2.45. The molecule has 10 nitrogen and oxygen atoms in total. The van der Waals surface area contributed by atoms with E-state index in [1.54, 1.807) is 7.11 Å². The van der Waals surface area contributed by atoms with Crippen molar-refractivity contribution in [1.82, 2.24) is 15.2 Å². The minimum atomic E-state index is -1.37. The monoisotopic (exact) mass is 585 g/mol. The number of carboxylic acid groups (broad SMARTS) is 1. The van der Waals surface area contributed by atoms with E-state index < -0.39 is 35.7 Å². The molecule has 2 N–H and O–H groups in total. The third kappa shape index (κ3) is 5.86. The van der Waals surface area contributed by atoms with Crippen molar-refractivity contribution in [1.29, 1.82) is 0 Å². The molecule has 1 saturated carbocycles. The Morgan fingerprint density at radius 1 is 1.12 bits per heavy atom. The Morgan fingerprint density at radius 2 is 1.95 bits per heavy atom. The standard InChI is InChI=1S/C33H35N3O7/c1-41-23-13-14-25-27(16-23)34-26(21-10-6-5-7-11-21)18-29(25)43-24-17-28-30(37)35-33(31(38)39)19-22(33)12-8-3-2-4-9-15-42-32(40)36(28)20-24/h5-8,10-14,16,18,22,24,28H,2-4,9,15,17,19-20H2,1H3,(H,35,37)(H,38,39)/b12-8-. The molecule has 4 unspecified atom stereocenters. The molecule has 1 aliphatic carbocycles. The van der Waals surface area contributed by atoms with Crippen LogP contribution < -0.4 is 14.8 Å². The van der Waals surface area contributed by atoms with Gasteiger partial charge in [0.25, 0.3) is 0 Å². The van der Waals surface area contributed by atoms with Crippen molar-refractivity contribution in [3.05, 3.63) is 66.7 Å². The molecule has 2 fully saturated rings. The summed E-state index contributed by atoms with van der Waals surface area (Å²) in [5, 5.41) is 13.5. The first-order valence-corrected chi connectivity index (χ1v) is 14.7. The van der Waals surface area contributed by atoms with Crippen LogP contribution in [-0.2, 0) is 14.3 Å². The minimum absolute atomic E-state index is 0.112. The van der Waals surface area contributed by atoms with Crippen molar-refractivity contribution in [2.45, 2.75) is 56.2 Å². The third-order valence-corrected chi connectivity index (χ3v) is 8.49. The van der Waals surface area contributed by atoms with E-state index in [1.807, 2.05) is 66.7 Å². The average Bonchev–Trinajstić information content (AvgIpc) is 3.55. The van der Waals surface area contributed by atoms with Gasteiger partial charge in [-0.25, -0.2) is 14.6 Å². The Bertz CT molecular complexity index is 1560. The molecule has 0 spiro atoms. The summed E-state index contributed by atoms with van der Waals surface area (Å²) in [5.41, 5.74) is 0.924. The summed E-state index contributed by atoms with van der Waals surface area (Å²) in [6.07, 6.45) is 6.52. The molecule has 2 aliphatic heterocycles. The highest BCUT2D eigenvalue weighted by Gasteiger charge is 2.61. The number of ether oxygens (including phenoxy) is 3. The van der Waals surface area contributed by atoms with E-state index in [-0.39, 0.29) is 25.5 Å². The van der Waals surface area contributed by atoms with E-state index in [1.165, 1.54) is 4.90 Å².